The number of thiocarbonyl (C=S) groups is 1. The molecule has 3 rings (SSSR count). The van der Waals surface area contributed by atoms with Crippen molar-refractivity contribution in [2.75, 3.05) is 11.5 Å². The first-order valence-electron chi connectivity index (χ1n) is 10.3. The molecule has 0 aromatic heterocycles. The molecule has 2 N–H and O–H groups in total. The van der Waals surface area contributed by atoms with Gasteiger partial charge >= 0.3 is 5.97 Å². The largest absolute Gasteiger partial charge is 0.490 e. The Hall–Kier alpha value is -3.72. The van der Waals surface area contributed by atoms with Gasteiger partial charge < -0.3 is 14.6 Å². The summed E-state index contributed by atoms with van der Waals surface area (Å²) in [7, 11) is 0. The first kappa shape index (κ1) is 23.9. The highest BCUT2D eigenvalue weighted by molar-refractivity contribution is 7.80. The average molecular weight is 469 g/mol. The van der Waals surface area contributed by atoms with Crippen molar-refractivity contribution in [2.24, 2.45) is 0 Å². The van der Waals surface area contributed by atoms with Crippen molar-refractivity contribution < 1.29 is 29.0 Å². The van der Waals surface area contributed by atoms with Crippen molar-refractivity contribution >= 4 is 46.9 Å². The van der Waals surface area contributed by atoms with Gasteiger partial charge in [0.25, 0.3) is 11.8 Å². The molecule has 0 radical (unpaired) electrons. The number of aryl methyl sites for hydroxylation is 2. The van der Waals surface area contributed by atoms with Crippen LogP contribution in [0.3, 0.4) is 0 Å². The smallest absolute Gasteiger partial charge is 0.344 e. The Morgan fingerprint density at radius 1 is 1.15 bits per heavy atom. The van der Waals surface area contributed by atoms with Crippen LogP contribution in [-0.4, -0.2) is 40.7 Å². The van der Waals surface area contributed by atoms with Crippen LogP contribution >= 0.6 is 12.2 Å². The van der Waals surface area contributed by atoms with Gasteiger partial charge in [0.15, 0.2) is 22.7 Å². The number of carbonyl (C=O) groups excluding carboxylic acids is 2. The molecule has 1 fully saturated rings. The summed E-state index contributed by atoms with van der Waals surface area (Å²) in [5, 5.41) is 11.7. The number of carboxylic acids is 1. The zero-order valence-electron chi connectivity index (χ0n) is 18.7. The number of hydrogen-bond acceptors (Lipinski definition) is 6. The number of amides is 2. The summed E-state index contributed by atoms with van der Waals surface area (Å²) in [5.74, 6) is -1.73. The molecule has 1 saturated heterocycles. The average Bonchev–Trinajstić information content (AvgIpc) is 2.72. The lowest BCUT2D eigenvalue weighted by Crippen LogP contribution is -2.54. The summed E-state index contributed by atoms with van der Waals surface area (Å²) in [4.78, 5) is 38.3. The van der Waals surface area contributed by atoms with E-state index in [1.807, 2.05) is 32.0 Å². The minimum Gasteiger partial charge on any atom is -0.490 e. The Balaban J connectivity index is 1.99. The first-order valence-corrected chi connectivity index (χ1v) is 10.7. The maximum Gasteiger partial charge on any atom is 0.344 e. The maximum absolute atomic E-state index is 13.3. The van der Waals surface area contributed by atoms with Gasteiger partial charge in [0.05, 0.1) is 12.3 Å². The molecule has 1 heterocycles. The molecule has 0 bridgehead atoms. The second-order valence-corrected chi connectivity index (χ2v) is 7.93. The maximum atomic E-state index is 13.3. The number of carbonyl (C=O) groups is 3. The van der Waals surface area contributed by atoms with Crippen molar-refractivity contribution in [3.05, 3.63) is 58.7 Å². The van der Waals surface area contributed by atoms with Crippen molar-refractivity contribution in [1.82, 2.24) is 5.32 Å². The van der Waals surface area contributed by atoms with Crippen molar-refractivity contribution in [3.63, 3.8) is 0 Å². The highest BCUT2D eigenvalue weighted by Gasteiger charge is 2.34. The normalized spacial score (nSPS) is 15.9. The molecular weight excluding hydrogens is 444 g/mol. The van der Waals surface area contributed by atoms with Crippen molar-refractivity contribution in [2.45, 2.75) is 33.8 Å². The molecule has 1 atom stereocenters. The molecule has 2 aromatic rings. The molecule has 1 aliphatic rings. The Bertz CT molecular complexity index is 1150. The quantitative estimate of drug-likeness (QED) is 0.365. The van der Waals surface area contributed by atoms with E-state index in [9.17, 15) is 14.4 Å². The number of nitrogens with one attached hydrogen (secondary N) is 1. The predicted octanol–water partition coefficient (Wildman–Crippen LogP) is 3.39. The van der Waals surface area contributed by atoms with Gasteiger partial charge in [-0.1, -0.05) is 12.1 Å². The van der Waals surface area contributed by atoms with E-state index >= 15 is 0 Å². The molecular formula is C24H24N2O6S. The molecule has 0 spiro atoms. The van der Waals surface area contributed by atoms with Gasteiger partial charge in [-0.3, -0.25) is 19.8 Å². The first-order chi connectivity index (χ1) is 15.6. The molecule has 2 aromatic carbocycles. The van der Waals surface area contributed by atoms with E-state index < -0.39 is 23.9 Å². The number of aliphatic carboxylic acids is 1. The fourth-order valence-electron chi connectivity index (χ4n) is 3.36. The Morgan fingerprint density at radius 2 is 1.82 bits per heavy atom. The second-order valence-electron chi connectivity index (χ2n) is 7.54. The zero-order chi connectivity index (χ0) is 24.3. The van der Waals surface area contributed by atoms with Crippen LogP contribution in [0.15, 0.2) is 42.0 Å². The predicted molar refractivity (Wildman–Crippen MR) is 127 cm³/mol. The van der Waals surface area contributed by atoms with Gasteiger partial charge in [-0.05, 0) is 86.9 Å². The van der Waals surface area contributed by atoms with Gasteiger partial charge in [0.1, 0.15) is 5.57 Å². The molecule has 0 unspecified atom stereocenters. The fraction of sp³-hybridized carbons (Fsp3) is 0.250. The van der Waals surface area contributed by atoms with Crippen LogP contribution < -0.4 is 19.7 Å². The minimum atomic E-state index is -1.12. The monoisotopic (exact) mass is 468 g/mol. The Labute approximate surface area is 196 Å². The number of benzene rings is 2. The van der Waals surface area contributed by atoms with Gasteiger partial charge in [0.2, 0.25) is 0 Å². The fourth-order valence-corrected chi connectivity index (χ4v) is 3.64. The number of hydrogen-bond donors (Lipinski definition) is 2. The van der Waals surface area contributed by atoms with Gasteiger partial charge in [-0.25, -0.2) is 4.79 Å². The van der Waals surface area contributed by atoms with E-state index in [1.165, 1.54) is 24.0 Å². The number of ether oxygens (including phenoxy) is 2. The van der Waals surface area contributed by atoms with E-state index in [0.29, 0.717) is 23.6 Å². The topological polar surface area (TPSA) is 105 Å². The molecule has 172 valence electrons. The third-order valence-electron chi connectivity index (χ3n) is 4.80. The van der Waals surface area contributed by atoms with Crippen LogP contribution in [0.5, 0.6) is 11.5 Å². The minimum absolute atomic E-state index is 0.00793. The molecule has 0 saturated carbocycles. The van der Waals surface area contributed by atoms with E-state index in [-0.39, 0.29) is 16.4 Å². The van der Waals surface area contributed by atoms with Gasteiger partial charge in [0, 0.05) is 0 Å². The van der Waals surface area contributed by atoms with Crippen LogP contribution in [0.25, 0.3) is 6.08 Å². The summed E-state index contributed by atoms with van der Waals surface area (Å²) in [6.07, 6.45) is 0.355. The molecule has 9 heteroatoms. The Kier molecular flexibility index (Phi) is 7.13. The second kappa shape index (κ2) is 9.83. The lowest BCUT2D eigenvalue weighted by molar-refractivity contribution is -0.144. The standard InChI is InChI=1S/C24H24N2O6S/c1-5-31-20-12-16(6-7-19(20)32-15(4)23(29)30)11-18-21(27)25-24(33)26(22(18)28)17-9-13(2)8-14(3)10-17/h6-12,15H,5H2,1-4H3,(H,29,30)(H,25,27,33)/b18-11-/t15-/m0/s1. The summed E-state index contributed by atoms with van der Waals surface area (Å²) in [5.41, 5.74) is 2.87. The number of carboxylic acid groups (broad SMARTS) is 1. The summed E-state index contributed by atoms with van der Waals surface area (Å²) in [6.45, 7) is 7.31. The van der Waals surface area contributed by atoms with E-state index in [1.54, 1.807) is 19.1 Å². The van der Waals surface area contributed by atoms with Gasteiger partial charge in [-0.15, -0.1) is 0 Å². The van der Waals surface area contributed by atoms with E-state index in [2.05, 4.69) is 5.32 Å². The zero-order valence-corrected chi connectivity index (χ0v) is 19.5. The third kappa shape index (κ3) is 5.38. The van der Waals surface area contributed by atoms with Crippen LogP contribution in [0.4, 0.5) is 5.69 Å². The third-order valence-corrected chi connectivity index (χ3v) is 5.08. The van der Waals surface area contributed by atoms with Gasteiger partial charge in [-0.2, -0.15) is 0 Å². The lowest BCUT2D eigenvalue weighted by Gasteiger charge is -2.29. The van der Waals surface area contributed by atoms with E-state index in [4.69, 9.17) is 26.8 Å². The van der Waals surface area contributed by atoms with Crippen molar-refractivity contribution in [1.29, 1.82) is 0 Å². The molecule has 8 nitrogen and oxygen atoms in total. The van der Waals surface area contributed by atoms with Crippen LogP contribution in [0.2, 0.25) is 0 Å². The summed E-state index contributed by atoms with van der Waals surface area (Å²) in [6, 6.07) is 10.3. The molecule has 33 heavy (non-hydrogen) atoms. The SMILES string of the molecule is CCOc1cc(/C=C2/C(=O)NC(=S)N(c3cc(C)cc(C)c3)C2=O)ccc1O[C@@H](C)C(=O)O. The highest BCUT2D eigenvalue weighted by atomic mass is 32.1. The molecule has 1 aliphatic heterocycles. The van der Waals surface area contributed by atoms with Crippen LogP contribution in [-0.2, 0) is 14.4 Å². The van der Waals surface area contributed by atoms with Crippen molar-refractivity contribution in [3.8, 4) is 11.5 Å². The summed E-state index contributed by atoms with van der Waals surface area (Å²) >= 11 is 5.26. The number of rotatable bonds is 7. The Morgan fingerprint density at radius 3 is 2.42 bits per heavy atom. The highest BCUT2D eigenvalue weighted by Crippen LogP contribution is 2.31. The van der Waals surface area contributed by atoms with Crippen LogP contribution in [0.1, 0.15) is 30.5 Å². The van der Waals surface area contributed by atoms with E-state index in [0.717, 1.165) is 11.1 Å². The number of anilines is 1. The number of nitrogens with zero attached hydrogens (tertiary/aromatic N) is 1. The lowest BCUT2D eigenvalue weighted by atomic mass is 10.1. The summed E-state index contributed by atoms with van der Waals surface area (Å²) < 4.78 is 11.0. The molecule has 0 aliphatic carbocycles. The molecule has 2 amide bonds. The van der Waals surface area contributed by atoms with Crippen LogP contribution in [0, 0.1) is 13.8 Å².